The topological polar surface area (TPSA) is 78.6 Å². The quantitative estimate of drug-likeness (QED) is 0.677. The first-order valence-corrected chi connectivity index (χ1v) is 10.0. The summed E-state index contributed by atoms with van der Waals surface area (Å²) in [6.07, 6.45) is 1.65. The highest BCUT2D eigenvalue weighted by Gasteiger charge is 2.36. The zero-order chi connectivity index (χ0) is 20.9. The fraction of sp³-hybridized carbons (Fsp3) is 0.450. The lowest BCUT2D eigenvalue weighted by Gasteiger charge is -2.32. The number of nitrogens with zero attached hydrogens (tertiary/aromatic N) is 5. The number of anilines is 1. The van der Waals surface area contributed by atoms with Crippen LogP contribution in [0, 0.1) is 0 Å². The van der Waals surface area contributed by atoms with Crippen LogP contribution in [-0.4, -0.2) is 55.0 Å². The number of phenolic OH excluding ortho intramolecular Hbond substituents is 1. The third kappa shape index (κ3) is 3.24. The van der Waals surface area contributed by atoms with E-state index in [4.69, 9.17) is 0 Å². The summed E-state index contributed by atoms with van der Waals surface area (Å²) in [5.74, 6) is -0.0147. The van der Waals surface area contributed by atoms with Crippen LogP contribution in [0.25, 0.3) is 16.8 Å². The Morgan fingerprint density at radius 3 is 2.73 bits per heavy atom. The molecule has 158 valence electrons. The molecule has 0 aliphatic carbocycles. The molecule has 5 rings (SSSR count). The van der Waals surface area contributed by atoms with Gasteiger partial charge in [0, 0.05) is 24.2 Å². The molecule has 0 bridgehead atoms. The molecule has 30 heavy (non-hydrogen) atoms. The minimum Gasteiger partial charge on any atom is -0.507 e. The number of halogens is 3. The summed E-state index contributed by atoms with van der Waals surface area (Å²) in [5.41, 5.74) is 0.0840. The summed E-state index contributed by atoms with van der Waals surface area (Å²) in [6, 6.07) is 5.24. The number of nitrogens with one attached hydrogen (secondary N) is 1. The van der Waals surface area contributed by atoms with Crippen molar-refractivity contribution >= 4 is 11.5 Å². The molecule has 0 radical (unpaired) electrons. The van der Waals surface area contributed by atoms with Crippen LogP contribution in [0.3, 0.4) is 0 Å². The van der Waals surface area contributed by atoms with Gasteiger partial charge in [0.15, 0.2) is 0 Å². The van der Waals surface area contributed by atoms with Crippen molar-refractivity contribution in [2.45, 2.75) is 43.9 Å². The van der Waals surface area contributed by atoms with Gasteiger partial charge in [0.1, 0.15) is 11.4 Å². The van der Waals surface area contributed by atoms with Gasteiger partial charge in [-0.15, -0.1) is 10.2 Å². The van der Waals surface area contributed by atoms with E-state index in [1.54, 1.807) is 16.8 Å². The molecule has 0 saturated carbocycles. The Bertz CT molecular complexity index is 1080. The molecule has 2 fully saturated rings. The van der Waals surface area contributed by atoms with E-state index in [9.17, 15) is 18.3 Å². The van der Waals surface area contributed by atoms with E-state index in [1.807, 2.05) is 0 Å². The van der Waals surface area contributed by atoms with Gasteiger partial charge in [0.05, 0.1) is 17.3 Å². The number of aromatic hydroxyl groups is 1. The Labute approximate surface area is 170 Å². The molecule has 2 aliphatic heterocycles. The first kappa shape index (κ1) is 19.1. The SMILES string of the molecule is Oc1cc(C(F)(F)F)ccc1-c1nnc(N[C@@H]2CCN3CCCC[C@@H]23)n2nccc12. The van der Waals surface area contributed by atoms with Crippen molar-refractivity contribution in [3.8, 4) is 17.0 Å². The first-order valence-electron chi connectivity index (χ1n) is 10.0. The minimum absolute atomic E-state index is 0.173. The van der Waals surface area contributed by atoms with E-state index >= 15 is 0 Å². The third-order valence-corrected chi connectivity index (χ3v) is 6.08. The van der Waals surface area contributed by atoms with Gasteiger partial charge in [0.2, 0.25) is 5.95 Å². The fourth-order valence-corrected chi connectivity index (χ4v) is 4.61. The smallest absolute Gasteiger partial charge is 0.416 e. The number of phenols is 1. The average molecular weight is 418 g/mol. The van der Waals surface area contributed by atoms with Crippen LogP contribution >= 0.6 is 0 Å². The van der Waals surface area contributed by atoms with Crippen molar-refractivity contribution < 1.29 is 18.3 Å². The van der Waals surface area contributed by atoms with Gasteiger partial charge >= 0.3 is 6.18 Å². The monoisotopic (exact) mass is 418 g/mol. The molecule has 0 unspecified atom stereocenters. The normalized spacial score (nSPS) is 22.4. The Morgan fingerprint density at radius 1 is 1.07 bits per heavy atom. The van der Waals surface area contributed by atoms with Crippen molar-refractivity contribution in [2.24, 2.45) is 0 Å². The molecule has 3 aromatic rings. The maximum atomic E-state index is 12.9. The summed E-state index contributed by atoms with van der Waals surface area (Å²) in [7, 11) is 0. The number of hydrogen-bond acceptors (Lipinski definition) is 6. The number of rotatable bonds is 3. The van der Waals surface area contributed by atoms with Crippen molar-refractivity contribution in [1.29, 1.82) is 0 Å². The van der Waals surface area contributed by atoms with Gasteiger partial charge < -0.3 is 10.4 Å². The fourth-order valence-electron chi connectivity index (χ4n) is 4.61. The maximum Gasteiger partial charge on any atom is 0.416 e. The van der Waals surface area contributed by atoms with Crippen molar-refractivity contribution in [1.82, 2.24) is 24.7 Å². The van der Waals surface area contributed by atoms with Gasteiger partial charge in [-0.3, -0.25) is 4.90 Å². The molecule has 0 amide bonds. The summed E-state index contributed by atoms with van der Waals surface area (Å²) >= 11 is 0. The van der Waals surface area contributed by atoms with Gasteiger partial charge in [-0.05, 0) is 50.1 Å². The highest BCUT2D eigenvalue weighted by Crippen LogP contribution is 2.37. The highest BCUT2D eigenvalue weighted by atomic mass is 19.4. The van der Waals surface area contributed by atoms with E-state index in [-0.39, 0.29) is 17.3 Å². The zero-order valence-corrected chi connectivity index (χ0v) is 16.1. The molecular weight excluding hydrogens is 397 g/mol. The first-order chi connectivity index (χ1) is 14.4. The van der Waals surface area contributed by atoms with Crippen LogP contribution in [0.5, 0.6) is 5.75 Å². The highest BCUT2D eigenvalue weighted by molar-refractivity contribution is 5.80. The number of benzene rings is 1. The second kappa shape index (κ2) is 7.12. The Hall–Kier alpha value is -2.88. The van der Waals surface area contributed by atoms with Gasteiger partial charge in [-0.2, -0.15) is 22.8 Å². The standard InChI is InChI=1S/C20H21F3N6O/c21-20(22,23)12-4-5-13(17(30)11-12)18-16-6-8-24-29(16)19(27-26-18)25-14-7-10-28-9-2-1-3-15(14)28/h4-6,8,11,14-15,30H,1-3,7,9-10H2,(H,25,27)/t14-,15+/m1/s1. The van der Waals surface area contributed by atoms with Crippen molar-refractivity contribution in [3.63, 3.8) is 0 Å². The van der Waals surface area contributed by atoms with Gasteiger partial charge in [-0.1, -0.05) is 6.42 Å². The number of alkyl halides is 3. The largest absolute Gasteiger partial charge is 0.507 e. The van der Waals surface area contributed by atoms with Crippen LogP contribution in [0.2, 0.25) is 0 Å². The average Bonchev–Trinajstić information content (AvgIpc) is 3.36. The number of fused-ring (bicyclic) bond motifs is 2. The summed E-state index contributed by atoms with van der Waals surface area (Å²) < 4.78 is 40.3. The second-order valence-corrected chi connectivity index (χ2v) is 7.87. The van der Waals surface area contributed by atoms with Crippen LogP contribution in [-0.2, 0) is 6.18 Å². The predicted octanol–water partition coefficient (Wildman–Crippen LogP) is 3.55. The van der Waals surface area contributed by atoms with E-state index in [0.717, 1.165) is 32.0 Å². The summed E-state index contributed by atoms with van der Waals surface area (Å²) in [6.45, 7) is 2.17. The second-order valence-electron chi connectivity index (χ2n) is 7.87. The molecule has 2 aliphatic rings. The molecular formula is C20H21F3N6O. The van der Waals surface area contributed by atoms with E-state index in [0.29, 0.717) is 23.6 Å². The maximum absolute atomic E-state index is 12.9. The van der Waals surface area contributed by atoms with Gasteiger partial charge in [0.25, 0.3) is 0 Å². The number of aromatic nitrogens is 4. The van der Waals surface area contributed by atoms with Crippen LogP contribution in [0.15, 0.2) is 30.5 Å². The molecule has 0 spiro atoms. The van der Waals surface area contributed by atoms with Crippen LogP contribution in [0.4, 0.5) is 19.1 Å². The van der Waals surface area contributed by atoms with E-state index in [2.05, 4.69) is 25.5 Å². The number of piperidine rings is 1. The Morgan fingerprint density at radius 2 is 1.93 bits per heavy atom. The minimum atomic E-state index is -4.53. The lowest BCUT2D eigenvalue weighted by atomic mass is 9.99. The lowest BCUT2D eigenvalue weighted by Crippen LogP contribution is -2.42. The lowest BCUT2D eigenvalue weighted by molar-refractivity contribution is -0.137. The third-order valence-electron chi connectivity index (χ3n) is 6.08. The summed E-state index contributed by atoms with van der Waals surface area (Å²) in [4.78, 5) is 2.50. The molecule has 2 aromatic heterocycles. The molecule has 2 N–H and O–H groups in total. The number of hydrogen-bond donors (Lipinski definition) is 2. The molecule has 2 saturated heterocycles. The zero-order valence-electron chi connectivity index (χ0n) is 16.1. The van der Waals surface area contributed by atoms with Crippen LogP contribution < -0.4 is 5.32 Å². The molecule has 4 heterocycles. The van der Waals surface area contributed by atoms with E-state index in [1.165, 1.54) is 18.9 Å². The van der Waals surface area contributed by atoms with Crippen molar-refractivity contribution in [3.05, 3.63) is 36.0 Å². The predicted molar refractivity (Wildman–Crippen MR) is 104 cm³/mol. The van der Waals surface area contributed by atoms with Crippen molar-refractivity contribution in [2.75, 3.05) is 18.4 Å². The molecule has 2 atom stereocenters. The summed E-state index contributed by atoms with van der Waals surface area (Å²) in [5, 5.41) is 26.5. The Kier molecular flexibility index (Phi) is 4.53. The molecule has 7 nitrogen and oxygen atoms in total. The molecule has 1 aromatic carbocycles. The van der Waals surface area contributed by atoms with E-state index < -0.39 is 17.5 Å². The van der Waals surface area contributed by atoms with Crippen LogP contribution in [0.1, 0.15) is 31.2 Å². The van der Waals surface area contributed by atoms with Gasteiger partial charge in [-0.25, -0.2) is 0 Å². The molecule has 10 heteroatoms. The Balaban J connectivity index is 1.48.